The molecule has 218 valence electrons. The maximum atomic E-state index is 13.3. The van der Waals surface area contributed by atoms with Crippen molar-refractivity contribution in [1.82, 2.24) is 10.2 Å². The molecule has 1 aliphatic carbocycles. The molecule has 1 N–H and O–H groups in total. The fraction of sp³-hybridized carbons (Fsp3) is 0.333. The minimum atomic E-state index is -4.78. The van der Waals surface area contributed by atoms with E-state index in [2.05, 4.69) is 10.1 Å². The van der Waals surface area contributed by atoms with Gasteiger partial charge in [0.1, 0.15) is 5.75 Å². The van der Waals surface area contributed by atoms with Crippen molar-refractivity contribution < 1.29 is 35.9 Å². The number of carbonyl (C=O) groups excluding carboxylic acids is 2. The highest BCUT2D eigenvalue weighted by Crippen LogP contribution is 2.34. The molecular formula is C30H31F3N2O5S. The second kappa shape index (κ2) is 12.3. The summed E-state index contributed by atoms with van der Waals surface area (Å²) in [6.45, 7) is 0.442. The summed E-state index contributed by atoms with van der Waals surface area (Å²) in [5.74, 6) is -1.71. The Morgan fingerprint density at radius 2 is 1.54 bits per heavy atom. The molecule has 0 aliphatic heterocycles. The molecule has 2 unspecified atom stereocenters. The minimum absolute atomic E-state index is 0.118. The van der Waals surface area contributed by atoms with Crippen molar-refractivity contribution in [3.63, 3.8) is 0 Å². The van der Waals surface area contributed by atoms with Crippen LogP contribution < -0.4 is 10.1 Å². The van der Waals surface area contributed by atoms with Crippen LogP contribution in [0.4, 0.5) is 13.2 Å². The third-order valence-electron chi connectivity index (χ3n) is 7.14. The zero-order chi connectivity index (χ0) is 29.8. The van der Waals surface area contributed by atoms with Gasteiger partial charge >= 0.3 is 6.36 Å². The number of nitrogens with zero attached hydrogens (tertiary/aromatic N) is 1. The van der Waals surface area contributed by atoms with Gasteiger partial charge in [-0.15, -0.1) is 13.2 Å². The molecule has 7 nitrogen and oxygen atoms in total. The number of carbonyl (C=O) groups is 2. The van der Waals surface area contributed by atoms with E-state index in [9.17, 15) is 31.2 Å². The Balaban J connectivity index is 1.34. The first-order valence-electron chi connectivity index (χ1n) is 13.1. The van der Waals surface area contributed by atoms with E-state index in [-0.39, 0.29) is 29.0 Å². The third kappa shape index (κ3) is 7.87. The van der Waals surface area contributed by atoms with Crippen molar-refractivity contribution in [3.05, 3.63) is 83.9 Å². The van der Waals surface area contributed by atoms with Gasteiger partial charge in [0.15, 0.2) is 9.84 Å². The molecule has 0 aromatic heterocycles. The fourth-order valence-corrected chi connectivity index (χ4v) is 6.06. The van der Waals surface area contributed by atoms with Crippen LogP contribution >= 0.6 is 0 Å². The molecule has 4 rings (SSSR count). The van der Waals surface area contributed by atoms with E-state index < -0.39 is 28.0 Å². The van der Waals surface area contributed by atoms with Crippen molar-refractivity contribution in [2.75, 3.05) is 13.3 Å². The molecule has 3 aromatic carbocycles. The number of halogens is 3. The summed E-state index contributed by atoms with van der Waals surface area (Å²) < 4.78 is 65.3. The molecule has 0 saturated heterocycles. The lowest BCUT2D eigenvalue weighted by Gasteiger charge is -2.25. The van der Waals surface area contributed by atoms with Crippen LogP contribution in [-0.4, -0.2) is 44.8 Å². The van der Waals surface area contributed by atoms with Gasteiger partial charge in [0.25, 0.3) is 0 Å². The molecule has 0 bridgehead atoms. The number of hydrogen-bond acceptors (Lipinski definition) is 5. The zero-order valence-corrected chi connectivity index (χ0v) is 23.5. The summed E-state index contributed by atoms with van der Waals surface area (Å²) >= 11 is 0. The fourth-order valence-electron chi connectivity index (χ4n) is 5.15. The second-order valence-corrected chi connectivity index (χ2v) is 12.2. The average molecular weight is 589 g/mol. The summed E-state index contributed by atoms with van der Waals surface area (Å²) in [6.07, 6.45) is -1.70. The number of hydrogen-bond donors (Lipinski definition) is 1. The molecule has 1 saturated carbocycles. The average Bonchev–Trinajstić information content (AvgIpc) is 3.41. The van der Waals surface area contributed by atoms with Crippen LogP contribution in [0, 0.1) is 11.8 Å². The van der Waals surface area contributed by atoms with E-state index in [0.717, 1.165) is 17.5 Å². The quantitative estimate of drug-likeness (QED) is 0.364. The maximum Gasteiger partial charge on any atom is 0.573 e. The smallest absolute Gasteiger partial charge is 0.406 e. The second-order valence-electron chi connectivity index (χ2n) is 10.2. The Kier molecular flexibility index (Phi) is 9.06. The molecule has 1 aliphatic rings. The predicted octanol–water partition coefficient (Wildman–Crippen LogP) is 5.35. The Morgan fingerprint density at radius 3 is 2.17 bits per heavy atom. The van der Waals surface area contributed by atoms with Crippen LogP contribution in [0.25, 0.3) is 11.1 Å². The molecular weight excluding hydrogens is 557 g/mol. The van der Waals surface area contributed by atoms with Crippen LogP contribution in [0.5, 0.6) is 5.75 Å². The SMILES string of the molecule is CN(Cc1ccc(-c2ccccc2S(C)(=O)=O)cc1)C(=O)C1CCCC1C(=O)NCc1ccc(OC(F)(F)F)cc1. The minimum Gasteiger partial charge on any atom is -0.406 e. The van der Waals surface area contributed by atoms with Gasteiger partial charge < -0.3 is 15.0 Å². The largest absolute Gasteiger partial charge is 0.573 e. The lowest BCUT2D eigenvalue weighted by atomic mass is 9.93. The van der Waals surface area contributed by atoms with Gasteiger partial charge in [-0.25, -0.2) is 8.42 Å². The summed E-state index contributed by atoms with van der Waals surface area (Å²) in [5, 5.41) is 2.80. The number of ether oxygens (including phenoxy) is 1. The normalized spacial score (nSPS) is 17.2. The molecule has 41 heavy (non-hydrogen) atoms. The summed E-state index contributed by atoms with van der Waals surface area (Å²) in [5.41, 5.74) is 2.82. The van der Waals surface area contributed by atoms with Gasteiger partial charge in [0, 0.05) is 43.8 Å². The van der Waals surface area contributed by atoms with Crippen LogP contribution in [0.3, 0.4) is 0 Å². The molecule has 0 spiro atoms. The number of benzene rings is 3. The molecule has 2 atom stereocenters. The molecule has 0 radical (unpaired) electrons. The molecule has 1 fully saturated rings. The maximum absolute atomic E-state index is 13.3. The van der Waals surface area contributed by atoms with Gasteiger partial charge in [-0.3, -0.25) is 9.59 Å². The highest BCUT2D eigenvalue weighted by molar-refractivity contribution is 7.90. The van der Waals surface area contributed by atoms with Gasteiger partial charge in [0.2, 0.25) is 11.8 Å². The van der Waals surface area contributed by atoms with Crippen LogP contribution in [0.2, 0.25) is 0 Å². The number of alkyl halides is 3. The zero-order valence-electron chi connectivity index (χ0n) is 22.6. The first-order chi connectivity index (χ1) is 19.3. The van der Waals surface area contributed by atoms with Crippen molar-refractivity contribution in [2.45, 2.75) is 43.6 Å². The molecule has 2 amide bonds. The predicted molar refractivity (Wildman–Crippen MR) is 147 cm³/mol. The first-order valence-corrected chi connectivity index (χ1v) is 15.0. The molecule has 0 heterocycles. The van der Waals surface area contributed by atoms with Crippen molar-refractivity contribution in [2.24, 2.45) is 11.8 Å². The highest BCUT2D eigenvalue weighted by atomic mass is 32.2. The van der Waals surface area contributed by atoms with Crippen molar-refractivity contribution in [3.8, 4) is 16.9 Å². The number of rotatable bonds is 9. The summed E-state index contributed by atoms with van der Waals surface area (Å²) in [6, 6.07) is 19.4. The van der Waals surface area contributed by atoms with E-state index in [0.29, 0.717) is 30.5 Å². The van der Waals surface area contributed by atoms with E-state index in [1.807, 2.05) is 24.3 Å². The Bertz CT molecular complexity index is 1490. The lowest BCUT2D eigenvalue weighted by molar-refractivity contribution is -0.274. The third-order valence-corrected chi connectivity index (χ3v) is 8.30. The van der Waals surface area contributed by atoms with E-state index in [1.54, 1.807) is 36.2 Å². The van der Waals surface area contributed by atoms with Crippen molar-refractivity contribution in [1.29, 1.82) is 0 Å². The molecule has 11 heteroatoms. The van der Waals surface area contributed by atoms with Crippen LogP contribution in [0.1, 0.15) is 30.4 Å². The molecule has 3 aromatic rings. The van der Waals surface area contributed by atoms with Gasteiger partial charge in [-0.2, -0.15) is 0 Å². The van der Waals surface area contributed by atoms with E-state index >= 15 is 0 Å². The number of nitrogens with one attached hydrogen (secondary N) is 1. The highest BCUT2D eigenvalue weighted by Gasteiger charge is 2.39. The van der Waals surface area contributed by atoms with Gasteiger partial charge in [0.05, 0.1) is 4.90 Å². The Labute approximate surface area is 237 Å². The monoisotopic (exact) mass is 588 g/mol. The van der Waals surface area contributed by atoms with Crippen LogP contribution in [-0.2, 0) is 32.5 Å². The number of amides is 2. The lowest BCUT2D eigenvalue weighted by Crippen LogP contribution is -2.40. The topological polar surface area (TPSA) is 92.8 Å². The van der Waals surface area contributed by atoms with E-state index in [1.165, 1.54) is 30.5 Å². The Morgan fingerprint density at radius 1 is 0.927 bits per heavy atom. The Hall–Kier alpha value is -3.86. The van der Waals surface area contributed by atoms with Gasteiger partial charge in [-0.05, 0) is 47.7 Å². The first kappa shape index (κ1) is 30.1. The van der Waals surface area contributed by atoms with Gasteiger partial charge in [-0.1, -0.05) is 61.0 Å². The van der Waals surface area contributed by atoms with E-state index in [4.69, 9.17) is 0 Å². The van der Waals surface area contributed by atoms with Crippen molar-refractivity contribution >= 4 is 21.7 Å². The summed E-state index contributed by atoms with van der Waals surface area (Å²) in [4.78, 5) is 28.1. The van der Waals surface area contributed by atoms with Crippen LogP contribution in [0.15, 0.2) is 77.7 Å². The summed E-state index contributed by atoms with van der Waals surface area (Å²) in [7, 11) is -1.71. The standard InChI is InChI=1S/C30H31F3N2O5S/c1-35(19-21-10-14-22(15-11-21)24-6-3-4-9-27(24)41(2,38)39)29(37)26-8-5-7-25(26)28(36)34-18-20-12-16-23(17-13-20)40-30(31,32)33/h3-4,6,9-17,25-26H,5,7-8,18-19H2,1-2H3,(H,34,36). The number of sulfone groups is 1.